The first kappa shape index (κ1) is 11.8. The zero-order valence-corrected chi connectivity index (χ0v) is 10.9. The summed E-state index contributed by atoms with van der Waals surface area (Å²) in [6.45, 7) is 1.90. The molecule has 2 aliphatic rings. The Hall–Kier alpha value is -1.26. The topological polar surface area (TPSA) is 39.7 Å². The second kappa shape index (κ2) is 4.44. The summed E-state index contributed by atoms with van der Waals surface area (Å²) in [5.41, 5.74) is 0.931. The predicted octanol–water partition coefficient (Wildman–Crippen LogP) is 1.90. The number of ether oxygens (including phenoxy) is 3. The highest BCUT2D eigenvalue weighted by atomic mass is 16.5. The largest absolute Gasteiger partial charge is 0.496 e. The molecule has 0 radical (unpaired) electrons. The Morgan fingerprint density at radius 1 is 1.39 bits per heavy atom. The summed E-state index contributed by atoms with van der Waals surface area (Å²) in [6.07, 6.45) is 1.96. The Labute approximate surface area is 107 Å². The molecule has 3 rings (SSSR count). The molecule has 1 aromatic carbocycles. The molecule has 1 aromatic rings. The molecule has 1 N–H and O–H groups in total. The van der Waals surface area contributed by atoms with Crippen molar-refractivity contribution in [3.63, 3.8) is 0 Å². The normalized spacial score (nSPS) is 30.0. The van der Waals surface area contributed by atoms with Crippen LogP contribution in [0.25, 0.3) is 0 Å². The van der Waals surface area contributed by atoms with Gasteiger partial charge in [0.25, 0.3) is 0 Å². The number of methoxy groups -OCH3 is 2. The lowest BCUT2D eigenvalue weighted by Crippen LogP contribution is -2.43. The third kappa shape index (κ3) is 1.76. The highest BCUT2D eigenvalue weighted by molar-refractivity contribution is 5.48. The lowest BCUT2D eigenvalue weighted by atomic mass is 9.87. The first-order valence-electron chi connectivity index (χ1n) is 6.37. The van der Waals surface area contributed by atoms with Gasteiger partial charge in [-0.05, 0) is 18.7 Å². The van der Waals surface area contributed by atoms with Crippen molar-refractivity contribution in [1.82, 2.24) is 5.32 Å². The van der Waals surface area contributed by atoms with Crippen LogP contribution in [0.3, 0.4) is 0 Å². The highest BCUT2D eigenvalue weighted by Crippen LogP contribution is 2.47. The maximum atomic E-state index is 6.23. The second-order valence-corrected chi connectivity index (χ2v) is 5.01. The van der Waals surface area contributed by atoms with Gasteiger partial charge in [0.05, 0.1) is 18.8 Å². The van der Waals surface area contributed by atoms with Crippen molar-refractivity contribution in [2.24, 2.45) is 0 Å². The van der Waals surface area contributed by atoms with Crippen molar-refractivity contribution in [2.75, 3.05) is 27.3 Å². The summed E-state index contributed by atoms with van der Waals surface area (Å²) in [5.74, 6) is 1.75. The van der Waals surface area contributed by atoms with Gasteiger partial charge in [0.15, 0.2) is 0 Å². The molecule has 0 amide bonds. The van der Waals surface area contributed by atoms with Gasteiger partial charge in [-0.15, -0.1) is 0 Å². The lowest BCUT2D eigenvalue weighted by Gasteiger charge is -2.39. The van der Waals surface area contributed by atoms with Gasteiger partial charge in [-0.25, -0.2) is 0 Å². The van der Waals surface area contributed by atoms with Gasteiger partial charge in [-0.2, -0.15) is 0 Å². The molecule has 0 bridgehead atoms. The van der Waals surface area contributed by atoms with Crippen molar-refractivity contribution >= 4 is 0 Å². The third-order valence-electron chi connectivity index (χ3n) is 3.94. The van der Waals surface area contributed by atoms with Crippen LogP contribution < -0.4 is 14.8 Å². The summed E-state index contributed by atoms with van der Waals surface area (Å²) in [6, 6.07) is 5.92. The van der Waals surface area contributed by atoms with E-state index in [2.05, 4.69) is 5.32 Å². The molecule has 2 atom stereocenters. The van der Waals surface area contributed by atoms with Crippen LogP contribution >= 0.6 is 0 Å². The molecule has 2 aliphatic heterocycles. The summed E-state index contributed by atoms with van der Waals surface area (Å²) >= 11 is 0. The number of hydrogen-bond donors (Lipinski definition) is 1. The smallest absolute Gasteiger partial charge is 0.129 e. The Morgan fingerprint density at radius 2 is 2.28 bits per heavy atom. The van der Waals surface area contributed by atoms with Crippen molar-refractivity contribution in [2.45, 2.75) is 24.5 Å². The zero-order valence-electron chi connectivity index (χ0n) is 10.9. The van der Waals surface area contributed by atoms with Crippen LogP contribution in [0, 0.1) is 0 Å². The molecule has 4 heteroatoms. The standard InChI is InChI=1S/C14H19NO3/c1-16-10-4-3-5-11-13(10)12(17-2)8-14(18-11)6-7-15-9-14/h3-5,12,15H,6-9H2,1-2H3. The number of rotatable bonds is 2. The summed E-state index contributed by atoms with van der Waals surface area (Å²) in [7, 11) is 3.44. The minimum atomic E-state index is -0.111. The molecule has 98 valence electrons. The Bertz CT molecular complexity index is 441. The predicted molar refractivity (Wildman–Crippen MR) is 68.2 cm³/mol. The van der Waals surface area contributed by atoms with E-state index in [1.807, 2.05) is 18.2 Å². The van der Waals surface area contributed by atoms with E-state index in [-0.39, 0.29) is 11.7 Å². The highest BCUT2D eigenvalue weighted by Gasteiger charge is 2.44. The molecule has 4 nitrogen and oxygen atoms in total. The van der Waals surface area contributed by atoms with Gasteiger partial charge in [0.1, 0.15) is 17.1 Å². The maximum absolute atomic E-state index is 6.23. The Balaban J connectivity index is 2.03. The second-order valence-electron chi connectivity index (χ2n) is 5.01. The van der Waals surface area contributed by atoms with E-state index in [1.165, 1.54) is 0 Å². The van der Waals surface area contributed by atoms with E-state index in [0.29, 0.717) is 0 Å². The van der Waals surface area contributed by atoms with Crippen LogP contribution in [0.4, 0.5) is 0 Å². The SMILES string of the molecule is COc1cccc2c1C(OC)CC1(CCNC1)O2. The molecule has 2 heterocycles. The van der Waals surface area contributed by atoms with Crippen molar-refractivity contribution < 1.29 is 14.2 Å². The Morgan fingerprint density at radius 3 is 2.94 bits per heavy atom. The van der Waals surface area contributed by atoms with E-state index in [1.54, 1.807) is 14.2 Å². The number of benzene rings is 1. The molecule has 1 spiro atoms. The number of hydrogen-bond acceptors (Lipinski definition) is 4. The fraction of sp³-hybridized carbons (Fsp3) is 0.571. The third-order valence-corrected chi connectivity index (χ3v) is 3.94. The molecule has 2 unspecified atom stereocenters. The zero-order chi connectivity index (χ0) is 12.6. The minimum absolute atomic E-state index is 0.0461. The van der Waals surface area contributed by atoms with Crippen molar-refractivity contribution in [3.8, 4) is 11.5 Å². The van der Waals surface area contributed by atoms with Gasteiger partial charge in [0, 0.05) is 26.5 Å². The maximum Gasteiger partial charge on any atom is 0.129 e. The van der Waals surface area contributed by atoms with E-state index in [9.17, 15) is 0 Å². The van der Waals surface area contributed by atoms with Crippen LogP contribution in [-0.4, -0.2) is 32.9 Å². The average Bonchev–Trinajstić information content (AvgIpc) is 2.84. The van der Waals surface area contributed by atoms with Crippen LogP contribution in [0.1, 0.15) is 24.5 Å². The summed E-state index contributed by atoms with van der Waals surface area (Å²) in [4.78, 5) is 0. The molecule has 18 heavy (non-hydrogen) atoms. The molecular weight excluding hydrogens is 230 g/mol. The van der Waals surface area contributed by atoms with Gasteiger partial charge < -0.3 is 19.5 Å². The number of fused-ring (bicyclic) bond motifs is 1. The lowest BCUT2D eigenvalue weighted by molar-refractivity contribution is -0.0216. The van der Waals surface area contributed by atoms with Crippen LogP contribution in [-0.2, 0) is 4.74 Å². The van der Waals surface area contributed by atoms with Crippen LogP contribution in [0.2, 0.25) is 0 Å². The molecule has 1 fully saturated rings. The number of nitrogens with one attached hydrogen (secondary N) is 1. The molecule has 0 aromatic heterocycles. The van der Waals surface area contributed by atoms with Crippen LogP contribution in [0.5, 0.6) is 11.5 Å². The van der Waals surface area contributed by atoms with E-state index in [4.69, 9.17) is 14.2 Å². The van der Waals surface area contributed by atoms with Gasteiger partial charge in [0.2, 0.25) is 0 Å². The molecule has 1 saturated heterocycles. The average molecular weight is 249 g/mol. The van der Waals surface area contributed by atoms with Crippen molar-refractivity contribution in [3.05, 3.63) is 23.8 Å². The van der Waals surface area contributed by atoms with Gasteiger partial charge in [-0.3, -0.25) is 0 Å². The fourth-order valence-electron chi connectivity index (χ4n) is 3.01. The summed E-state index contributed by atoms with van der Waals surface area (Å²) in [5, 5.41) is 3.38. The molecular formula is C14H19NO3. The minimum Gasteiger partial charge on any atom is -0.496 e. The molecule has 0 saturated carbocycles. The van der Waals surface area contributed by atoms with E-state index < -0.39 is 0 Å². The molecule has 0 aliphatic carbocycles. The summed E-state index contributed by atoms with van der Waals surface area (Å²) < 4.78 is 17.3. The van der Waals surface area contributed by atoms with E-state index in [0.717, 1.165) is 43.0 Å². The first-order chi connectivity index (χ1) is 8.78. The van der Waals surface area contributed by atoms with Crippen molar-refractivity contribution in [1.29, 1.82) is 0 Å². The monoisotopic (exact) mass is 249 g/mol. The Kier molecular flexibility index (Phi) is 2.92. The fourth-order valence-corrected chi connectivity index (χ4v) is 3.01. The van der Waals surface area contributed by atoms with Gasteiger partial charge in [-0.1, -0.05) is 6.07 Å². The quantitative estimate of drug-likeness (QED) is 0.869. The van der Waals surface area contributed by atoms with Gasteiger partial charge >= 0.3 is 0 Å². The van der Waals surface area contributed by atoms with Crippen LogP contribution in [0.15, 0.2) is 18.2 Å². The van der Waals surface area contributed by atoms with E-state index >= 15 is 0 Å². The first-order valence-corrected chi connectivity index (χ1v) is 6.37.